The first-order valence-corrected chi connectivity index (χ1v) is 26.8. The van der Waals surface area contributed by atoms with Crippen molar-refractivity contribution in [2.24, 2.45) is 0 Å². The lowest BCUT2D eigenvalue weighted by Gasteiger charge is -2.41. The number of nitrogen functional groups attached to an aromatic ring is 2. The van der Waals surface area contributed by atoms with Crippen LogP contribution in [0.1, 0.15) is 78.4 Å². The number of H-pyrrole nitrogens is 2. The minimum atomic E-state index is -1.28. The van der Waals surface area contributed by atoms with E-state index >= 15 is 0 Å². The van der Waals surface area contributed by atoms with Gasteiger partial charge in [0.1, 0.15) is 77.0 Å². The van der Waals surface area contributed by atoms with Gasteiger partial charge in [-0.25, -0.2) is 29.5 Å². The number of para-hydroxylation sites is 2. The van der Waals surface area contributed by atoms with Gasteiger partial charge >= 0.3 is 12.2 Å². The highest BCUT2D eigenvalue weighted by Crippen LogP contribution is 2.37. The number of carbonyl (C=O) groups is 4. The number of nitrogens with one attached hydrogen (secondary N) is 6. The van der Waals surface area contributed by atoms with Crippen molar-refractivity contribution in [3.8, 4) is 11.5 Å². The molecular weight excluding hydrogens is 1050 g/mol. The number of amides is 4. The van der Waals surface area contributed by atoms with Crippen molar-refractivity contribution >= 4 is 80.5 Å². The Morgan fingerprint density at radius 2 is 1.00 bits per heavy atom. The molecule has 82 heavy (non-hydrogen) atoms. The standard InChI is InChI=1S/2C29H34N8O4/c1-28(2,3)41-27(39)35-29(12-14-37(15-13-29)25-20-16-33-36-24(20)31-18-32-25)26(38)34-21-10-7-11-22(23(21)30)40-17-19-8-5-4-6-9-19;1-28(2,3)41-27(39)35-29(12-14-37(15-13-29)25-20-16-33-36-24(20)31-18-32-25)26(38)34-23-21(30)10-7-11-22(23)40-17-19-8-5-4-6-9-19/h2*4-11,16,18H,12-15,17,30H2,1-3H3,(H,34,38)(H,35,39)(H,31,32,33,36). The smallest absolute Gasteiger partial charge is 0.408 e. The van der Waals surface area contributed by atoms with Crippen LogP contribution in [0, 0.1) is 0 Å². The van der Waals surface area contributed by atoms with Crippen molar-refractivity contribution in [3.63, 3.8) is 0 Å². The monoisotopic (exact) mass is 1120 g/mol. The first kappa shape index (κ1) is 57.0. The molecule has 0 spiro atoms. The number of ether oxygens (including phenoxy) is 4. The summed E-state index contributed by atoms with van der Waals surface area (Å²) < 4.78 is 23.0. The highest BCUT2D eigenvalue weighted by atomic mass is 16.6. The Balaban J connectivity index is 0.000000198. The lowest BCUT2D eigenvalue weighted by molar-refractivity contribution is -0.124. The lowest BCUT2D eigenvalue weighted by Crippen LogP contribution is -2.62. The quantitative estimate of drug-likeness (QED) is 0.0478. The Hall–Kier alpha value is -9.74. The molecule has 2 aliphatic heterocycles. The average molecular weight is 1120 g/mol. The van der Waals surface area contributed by atoms with Gasteiger partial charge in [0.15, 0.2) is 11.3 Å². The molecule has 2 fully saturated rings. The van der Waals surface area contributed by atoms with Gasteiger partial charge in [-0.1, -0.05) is 72.8 Å². The molecule has 24 heteroatoms. The summed E-state index contributed by atoms with van der Waals surface area (Å²) >= 11 is 0. The molecule has 4 aromatic carbocycles. The lowest BCUT2D eigenvalue weighted by atomic mass is 9.86. The van der Waals surface area contributed by atoms with Gasteiger partial charge in [-0.15, -0.1) is 0 Å². The fourth-order valence-electron chi connectivity index (χ4n) is 9.55. The first-order chi connectivity index (χ1) is 39.3. The summed E-state index contributed by atoms with van der Waals surface area (Å²) in [5.74, 6) is 1.48. The second-order valence-corrected chi connectivity index (χ2v) is 21.9. The third-order valence-corrected chi connectivity index (χ3v) is 13.7. The molecule has 10 N–H and O–H groups in total. The van der Waals surface area contributed by atoms with E-state index in [-0.39, 0.29) is 12.8 Å². The van der Waals surface area contributed by atoms with Crippen molar-refractivity contribution < 1.29 is 38.1 Å². The molecule has 0 unspecified atom stereocenters. The van der Waals surface area contributed by atoms with Crippen molar-refractivity contribution in [3.05, 3.63) is 133 Å². The fraction of sp³-hybridized carbons (Fsp3) is 0.345. The Kier molecular flexibility index (Phi) is 16.9. The first-order valence-electron chi connectivity index (χ1n) is 26.8. The third kappa shape index (κ3) is 13.8. The van der Waals surface area contributed by atoms with E-state index in [9.17, 15) is 19.2 Å². The molecule has 0 saturated carbocycles. The Morgan fingerprint density at radius 1 is 0.561 bits per heavy atom. The number of anilines is 6. The summed E-state index contributed by atoms with van der Waals surface area (Å²) in [4.78, 5) is 75.2. The third-order valence-electron chi connectivity index (χ3n) is 13.7. The minimum Gasteiger partial charge on any atom is -0.487 e. The summed E-state index contributed by atoms with van der Waals surface area (Å²) in [6, 6.07) is 29.8. The molecule has 2 saturated heterocycles. The zero-order valence-corrected chi connectivity index (χ0v) is 46.6. The maximum atomic E-state index is 14.0. The van der Waals surface area contributed by atoms with Crippen LogP contribution in [0.25, 0.3) is 22.1 Å². The van der Waals surface area contributed by atoms with E-state index in [0.29, 0.717) is 109 Å². The number of alkyl carbamates (subject to hydrolysis) is 2. The van der Waals surface area contributed by atoms with E-state index in [1.165, 1.54) is 12.7 Å². The van der Waals surface area contributed by atoms with Crippen molar-refractivity contribution in [2.45, 2.75) is 103 Å². The van der Waals surface area contributed by atoms with Crippen LogP contribution in [0.3, 0.4) is 0 Å². The van der Waals surface area contributed by atoms with Crippen LogP contribution in [-0.4, -0.2) is 113 Å². The highest BCUT2D eigenvalue weighted by molar-refractivity contribution is 6.04. The number of carbonyl (C=O) groups excluding carboxylic acids is 4. The summed E-state index contributed by atoms with van der Waals surface area (Å²) in [6.07, 6.45) is 6.11. The number of benzene rings is 4. The van der Waals surface area contributed by atoms with Crippen LogP contribution in [-0.2, 0) is 32.3 Å². The van der Waals surface area contributed by atoms with E-state index in [2.05, 4.69) is 61.6 Å². The van der Waals surface area contributed by atoms with Gasteiger partial charge in [-0.2, -0.15) is 10.2 Å². The predicted molar refractivity (Wildman–Crippen MR) is 311 cm³/mol. The number of rotatable bonds is 14. The van der Waals surface area contributed by atoms with Crippen LogP contribution in [0.5, 0.6) is 11.5 Å². The topological polar surface area (TPSA) is 321 Å². The normalized spacial score (nSPS) is 14.9. The largest absolute Gasteiger partial charge is 0.487 e. The number of hydrogen-bond donors (Lipinski definition) is 8. The molecule has 428 valence electrons. The molecule has 4 aromatic heterocycles. The molecule has 8 aromatic rings. The van der Waals surface area contributed by atoms with Gasteiger partial charge in [0.2, 0.25) is 5.91 Å². The van der Waals surface area contributed by atoms with Crippen molar-refractivity contribution in [1.82, 2.24) is 51.0 Å². The number of nitrogens with zero attached hydrogens (tertiary/aromatic N) is 8. The minimum absolute atomic E-state index is 0.286. The summed E-state index contributed by atoms with van der Waals surface area (Å²) in [5.41, 5.74) is 13.3. The Morgan fingerprint density at radius 3 is 1.48 bits per heavy atom. The number of aromatic nitrogens is 8. The van der Waals surface area contributed by atoms with Gasteiger partial charge in [0.25, 0.3) is 5.91 Å². The van der Waals surface area contributed by atoms with Gasteiger partial charge in [0, 0.05) is 26.2 Å². The summed E-state index contributed by atoms with van der Waals surface area (Å²) in [7, 11) is 0. The number of nitrogens with two attached hydrogens (primary N) is 2. The second-order valence-electron chi connectivity index (χ2n) is 21.9. The molecule has 0 aliphatic carbocycles. The van der Waals surface area contributed by atoms with Crippen molar-refractivity contribution in [1.29, 1.82) is 0 Å². The molecule has 2 aliphatic rings. The van der Waals surface area contributed by atoms with Gasteiger partial charge in [0.05, 0.1) is 40.2 Å². The molecule has 10 rings (SSSR count). The van der Waals surface area contributed by atoms with Crippen LogP contribution >= 0.6 is 0 Å². The van der Waals surface area contributed by atoms with E-state index < -0.39 is 46.3 Å². The molecule has 6 heterocycles. The zero-order chi connectivity index (χ0) is 58.1. The second kappa shape index (κ2) is 24.3. The Bertz CT molecular complexity index is 3510. The maximum absolute atomic E-state index is 14.0. The molecule has 0 radical (unpaired) electrons. The number of fused-ring (bicyclic) bond motifs is 2. The molecular formula is C58H68N16O8. The van der Waals surface area contributed by atoms with E-state index in [1.54, 1.807) is 90.3 Å². The molecule has 0 atom stereocenters. The summed E-state index contributed by atoms with van der Waals surface area (Å²) in [5, 5.41) is 27.0. The fourth-order valence-corrected chi connectivity index (χ4v) is 9.55. The molecule has 0 bridgehead atoms. The molecule has 4 amide bonds. The van der Waals surface area contributed by atoms with E-state index in [4.69, 9.17) is 30.4 Å². The SMILES string of the molecule is CC(C)(C)OC(=O)NC1(C(=O)Nc2c(N)cccc2OCc2ccccc2)CCN(c2ncnc3[nH]ncc23)CC1.CC(C)(C)OC(=O)NC1(C(=O)Nc2cccc(OCc3ccccc3)c2N)CCN(c2ncnc3[nH]ncc23)CC1. The van der Waals surface area contributed by atoms with E-state index in [0.717, 1.165) is 21.9 Å². The predicted octanol–water partition coefficient (Wildman–Crippen LogP) is 8.03. The van der Waals surface area contributed by atoms with Gasteiger partial charge in [-0.3, -0.25) is 19.8 Å². The highest BCUT2D eigenvalue weighted by Gasteiger charge is 2.46. The van der Waals surface area contributed by atoms with Crippen LogP contribution in [0.2, 0.25) is 0 Å². The maximum Gasteiger partial charge on any atom is 0.408 e. The Labute approximate surface area is 473 Å². The van der Waals surface area contributed by atoms with Crippen LogP contribution in [0.15, 0.2) is 122 Å². The van der Waals surface area contributed by atoms with Crippen LogP contribution in [0.4, 0.5) is 44.0 Å². The number of hydrogen-bond acceptors (Lipinski definition) is 18. The number of piperidine rings is 2. The number of aromatic amines is 2. The van der Waals surface area contributed by atoms with Gasteiger partial charge in [-0.05, 0) is 103 Å². The van der Waals surface area contributed by atoms with E-state index in [1.807, 2.05) is 70.5 Å². The van der Waals surface area contributed by atoms with Crippen LogP contribution < -0.4 is 52.0 Å². The molecule has 24 nitrogen and oxygen atoms in total. The average Bonchev–Trinajstić information content (AvgIpc) is 3.84. The zero-order valence-electron chi connectivity index (χ0n) is 46.6. The van der Waals surface area contributed by atoms with Gasteiger partial charge < -0.3 is 61.5 Å². The summed E-state index contributed by atoms with van der Waals surface area (Å²) in [6.45, 7) is 13.0. The van der Waals surface area contributed by atoms with Crippen molar-refractivity contribution in [2.75, 3.05) is 58.1 Å².